The van der Waals surface area contributed by atoms with E-state index in [2.05, 4.69) is 5.32 Å². The maximum absolute atomic E-state index is 11.7. The molecule has 116 valence electrons. The van der Waals surface area contributed by atoms with Gasteiger partial charge in [0.05, 0.1) is 12.4 Å². The highest BCUT2D eigenvalue weighted by atomic mass is 32.2. The first kappa shape index (κ1) is 18.6. The minimum Gasteiger partial charge on any atom is -0.481 e. The van der Waals surface area contributed by atoms with Crippen molar-refractivity contribution in [3.8, 4) is 0 Å². The molecule has 0 aliphatic carbocycles. The fourth-order valence-corrected chi connectivity index (χ4v) is 1.87. The number of carboxylic acids is 1. The Labute approximate surface area is 122 Å². The third-order valence-corrected chi connectivity index (χ3v) is 2.79. The lowest BCUT2D eigenvalue weighted by Crippen LogP contribution is -2.45. The summed E-state index contributed by atoms with van der Waals surface area (Å²) in [6.45, 7) is 6.92. The second kappa shape index (κ2) is 8.68. The highest BCUT2D eigenvalue weighted by molar-refractivity contribution is 8.00. The summed E-state index contributed by atoms with van der Waals surface area (Å²) in [6, 6.07) is -0.936. The molecule has 8 heteroatoms. The molecule has 0 fully saturated rings. The first-order chi connectivity index (χ1) is 9.15. The van der Waals surface area contributed by atoms with Crippen molar-refractivity contribution in [2.24, 2.45) is 0 Å². The van der Waals surface area contributed by atoms with E-state index < -0.39 is 29.7 Å². The van der Waals surface area contributed by atoms with Crippen LogP contribution < -0.4 is 5.32 Å². The average molecular weight is 307 g/mol. The number of nitrogens with one attached hydrogen (secondary N) is 1. The number of rotatable bonds is 7. The van der Waals surface area contributed by atoms with E-state index >= 15 is 0 Å². The summed E-state index contributed by atoms with van der Waals surface area (Å²) in [5, 5.41) is 10.9. The van der Waals surface area contributed by atoms with E-state index in [4.69, 9.17) is 14.6 Å². The van der Waals surface area contributed by atoms with Gasteiger partial charge in [0.1, 0.15) is 11.6 Å². The SMILES string of the molecule is CCOC(=O)[C@@H](CSCC(=O)O)NC(=O)OC(C)(C)C. The predicted octanol–water partition coefficient (Wildman–Crippen LogP) is 1.26. The standard InChI is InChI=1S/C12H21NO6S/c1-5-18-10(16)8(6-20-7-9(14)15)13-11(17)19-12(2,3)4/h8H,5-7H2,1-4H3,(H,13,17)(H,14,15)/t8-/m1/s1. The van der Waals surface area contributed by atoms with Gasteiger partial charge < -0.3 is 19.9 Å². The number of amides is 1. The highest BCUT2D eigenvalue weighted by Crippen LogP contribution is 2.09. The van der Waals surface area contributed by atoms with E-state index in [1.54, 1.807) is 27.7 Å². The molecule has 0 aliphatic heterocycles. The summed E-state index contributed by atoms with van der Waals surface area (Å²) >= 11 is 1.01. The van der Waals surface area contributed by atoms with Crippen molar-refractivity contribution >= 4 is 29.8 Å². The van der Waals surface area contributed by atoms with Crippen molar-refractivity contribution in [2.75, 3.05) is 18.1 Å². The van der Waals surface area contributed by atoms with Gasteiger partial charge in [0.15, 0.2) is 0 Å². The molecule has 2 N–H and O–H groups in total. The van der Waals surface area contributed by atoms with Gasteiger partial charge in [-0.1, -0.05) is 0 Å². The molecule has 0 heterocycles. The molecule has 0 unspecified atom stereocenters. The lowest BCUT2D eigenvalue weighted by atomic mass is 10.2. The zero-order chi connectivity index (χ0) is 15.8. The highest BCUT2D eigenvalue weighted by Gasteiger charge is 2.25. The molecule has 0 bridgehead atoms. The summed E-state index contributed by atoms with van der Waals surface area (Å²) < 4.78 is 9.86. The quantitative estimate of drug-likeness (QED) is 0.683. The van der Waals surface area contributed by atoms with Crippen LogP contribution in [0.15, 0.2) is 0 Å². The number of carboxylic acid groups (broad SMARTS) is 1. The minimum absolute atomic E-state index is 0.102. The number of alkyl carbamates (subject to hydrolysis) is 1. The number of hydrogen-bond acceptors (Lipinski definition) is 6. The van der Waals surface area contributed by atoms with Crippen LogP contribution in [0.2, 0.25) is 0 Å². The molecule has 20 heavy (non-hydrogen) atoms. The fourth-order valence-electron chi connectivity index (χ4n) is 1.13. The maximum Gasteiger partial charge on any atom is 0.408 e. The van der Waals surface area contributed by atoms with Crippen molar-refractivity contribution in [3.05, 3.63) is 0 Å². The number of esters is 1. The van der Waals surface area contributed by atoms with E-state index in [1.165, 1.54) is 0 Å². The molecule has 0 saturated heterocycles. The molecule has 7 nitrogen and oxygen atoms in total. The number of carbonyl (C=O) groups is 3. The van der Waals surface area contributed by atoms with Crippen LogP contribution in [0.5, 0.6) is 0 Å². The molecule has 0 rings (SSSR count). The number of thioether (sulfide) groups is 1. The molecular formula is C12H21NO6S. The number of carbonyl (C=O) groups excluding carboxylic acids is 2. The zero-order valence-electron chi connectivity index (χ0n) is 12.1. The minimum atomic E-state index is -0.991. The third-order valence-electron chi connectivity index (χ3n) is 1.77. The smallest absolute Gasteiger partial charge is 0.408 e. The van der Waals surface area contributed by atoms with E-state index in [0.717, 1.165) is 11.8 Å². The van der Waals surface area contributed by atoms with Crippen LogP contribution in [0.4, 0.5) is 4.79 Å². The Bertz CT molecular complexity index is 352. The predicted molar refractivity (Wildman–Crippen MR) is 74.8 cm³/mol. The van der Waals surface area contributed by atoms with Crippen molar-refractivity contribution in [3.63, 3.8) is 0 Å². The zero-order valence-corrected chi connectivity index (χ0v) is 12.9. The van der Waals surface area contributed by atoms with Gasteiger partial charge in [0.2, 0.25) is 0 Å². The lowest BCUT2D eigenvalue weighted by molar-refractivity contribution is -0.145. The van der Waals surface area contributed by atoms with Crippen LogP contribution in [0, 0.1) is 0 Å². The number of aliphatic carboxylic acids is 1. The van der Waals surface area contributed by atoms with Gasteiger partial charge in [-0.25, -0.2) is 9.59 Å². The van der Waals surface area contributed by atoms with Crippen molar-refractivity contribution < 1.29 is 29.0 Å². The van der Waals surface area contributed by atoms with Gasteiger partial charge in [-0.05, 0) is 27.7 Å². The maximum atomic E-state index is 11.7. The molecule has 0 aromatic rings. The summed E-state index contributed by atoms with van der Waals surface area (Å²) in [6.07, 6.45) is -0.744. The van der Waals surface area contributed by atoms with Crippen LogP contribution in [0.1, 0.15) is 27.7 Å². The van der Waals surface area contributed by atoms with Gasteiger partial charge in [-0.3, -0.25) is 4.79 Å². The van der Waals surface area contributed by atoms with Gasteiger partial charge in [-0.2, -0.15) is 0 Å². The Morgan fingerprint density at radius 2 is 1.90 bits per heavy atom. The number of hydrogen-bond donors (Lipinski definition) is 2. The Kier molecular flexibility index (Phi) is 8.05. The third kappa shape index (κ3) is 9.48. The van der Waals surface area contributed by atoms with Crippen LogP contribution in [-0.2, 0) is 19.1 Å². The fraction of sp³-hybridized carbons (Fsp3) is 0.750. The van der Waals surface area contributed by atoms with Crippen molar-refractivity contribution in [2.45, 2.75) is 39.3 Å². The van der Waals surface area contributed by atoms with Crippen LogP contribution >= 0.6 is 11.8 Å². The van der Waals surface area contributed by atoms with E-state index in [-0.39, 0.29) is 18.1 Å². The largest absolute Gasteiger partial charge is 0.481 e. The summed E-state index contributed by atoms with van der Waals surface area (Å²) in [5.41, 5.74) is -0.683. The number of ether oxygens (including phenoxy) is 2. The van der Waals surface area contributed by atoms with E-state index in [9.17, 15) is 14.4 Å². The average Bonchev–Trinajstić information content (AvgIpc) is 2.24. The van der Waals surface area contributed by atoms with Crippen molar-refractivity contribution in [1.29, 1.82) is 0 Å². The second-order valence-electron chi connectivity index (χ2n) is 4.86. The molecule has 1 atom stereocenters. The molecule has 1 amide bonds. The Hall–Kier alpha value is -1.44. The molecular weight excluding hydrogens is 286 g/mol. The first-order valence-corrected chi connectivity index (χ1v) is 7.27. The molecule has 0 aromatic heterocycles. The molecule has 0 aromatic carbocycles. The summed E-state index contributed by atoms with van der Waals surface area (Å²) in [5.74, 6) is -1.66. The van der Waals surface area contributed by atoms with E-state index in [1.807, 2.05) is 0 Å². The molecule has 0 saturated carbocycles. The topological polar surface area (TPSA) is 102 Å². The van der Waals surface area contributed by atoms with E-state index in [0.29, 0.717) is 0 Å². The molecule has 0 radical (unpaired) electrons. The normalized spacial score (nSPS) is 12.4. The Balaban J connectivity index is 4.48. The first-order valence-electron chi connectivity index (χ1n) is 6.11. The van der Waals surface area contributed by atoms with Crippen LogP contribution in [-0.4, -0.2) is 52.9 Å². The molecule has 0 spiro atoms. The van der Waals surface area contributed by atoms with Gasteiger partial charge in [-0.15, -0.1) is 11.8 Å². The second-order valence-corrected chi connectivity index (χ2v) is 5.89. The summed E-state index contributed by atoms with van der Waals surface area (Å²) in [4.78, 5) is 33.7. The summed E-state index contributed by atoms with van der Waals surface area (Å²) in [7, 11) is 0. The van der Waals surface area contributed by atoms with Gasteiger partial charge in [0.25, 0.3) is 0 Å². The Morgan fingerprint density at radius 1 is 1.30 bits per heavy atom. The van der Waals surface area contributed by atoms with Crippen LogP contribution in [0.3, 0.4) is 0 Å². The van der Waals surface area contributed by atoms with Crippen molar-refractivity contribution in [1.82, 2.24) is 5.32 Å². The Morgan fingerprint density at radius 3 is 2.35 bits per heavy atom. The van der Waals surface area contributed by atoms with Crippen LogP contribution in [0.25, 0.3) is 0 Å². The van der Waals surface area contributed by atoms with Gasteiger partial charge in [0, 0.05) is 5.75 Å². The molecule has 0 aliphatic rings. The monoisotopic (exact) mass is 307 g/mol. The van der Waals surface area contributed by atoms with Gasteiger partial charge >= 0.3 is 18.0 Å². The lowest BCUT2D eigenvalue weighted by Gasteiger charge is -2.22.